The van der Waals surface area contributed by atoms with Crippen molar-refractivity contribution in [2.24, 2.45) is 0 Å². The van der Waals surface area contributed by atoms with Crippen molar-refractivity contribution >= 4 is 23.2 Å². The zero-order valence-electron chi connectivity index (χ0n) is 8.75. The van der Waals surface area contributed by atoms with Crippen LogP contribution in [0, 0.1) is 0 Å². The van der Waals surface area contributed by atoms with Crippen LogP contribution in [0.4, 0.5) is 13.2 Å². The quantitative estimate of drug-likeness (QED) is 0.792. The first-order valence-corrected chi connectivity index (χ1v) is 5.52. The lowest BCUT2D eigenvalue weighted by atomic mass is 10.3. The van der Waals surface area contributed by atoms with Crippen LogP contribution in [0.5, 0.6) is 0 Å². The predicted molar refractivity (Wildman–Crippen MR) is 60.6 cm³/mol. The lowest BCUT2D eigenvalue weighted by Crippen LogP contribution is -2.08. The Hall–Kier alpha value is -1.27. The summed E-state index contributed by atoms with van der Waals surface area (Å²) in [6.07, 6.45) is -1.82. The molecule has 3 nitrogen and oxygen atoms in total. The third-order valence-corrected chi connectivity index (χ3v) is 2.72. The number of hydrogen-bond acceptors (Lipinski definition) is 2. The van der Waals surface area contributed by atoms with Gasteiger partial charge in [0.1, 0.15) is 5.15 Å². The van der Waals surface area contributed by atoms with E-state index in [0.717, 1.165) is 10.7 Å². The van der Waals surface area contributed by atoms with Crippen molar-refractivity contribution in [2.75, 3.05) is 0 Å². The number of hydrogen-bond donors (Lipinski definition) is 0. The summed E-state index contributed by atoms with van der Waals surface area (Å²) in [5.41, 5.74) is -0.404. The fourth-order valence-electron chi connectivity index (χ4n) is 1.33. The molecule has 0 unspecified atom stereocenters. The second-order valence-corrected chi connectivity index (χ2v) is 4.29. The maximum Gasteiger partial charge on any atom is 0.435 e. The SMILES string of the molecule is FC(F)(F)c1ccn(Cc2cnc(Cl)cc2Cl)n1. The Morgan fingerprint density at radius 2 is 2.00 bits per heavy atom. The van der Waals surface area contributed by atoms with Crippen LogP contribution in [-0.4, -0.2) is 14.8 Å². The Morgan fingerprint density at radius 1 is 1.28 bits per heavy atom. The number of rotatable bonds is 2. The summed E-state index contributed by atoms with van der Waals surface area (Å²) in [6, 6.07) is 2.32. The third kappa shape index (κ3) is 2.94. The molecule has 0 spiro atoms. The maximum atomic E-state index is 12.3. The van der Waals surface area contributed by atoms with E-state index in [1.165, 1.54) is 18.5 Å². The topological polar surface area (TPSA) is 30.7 Å². The molecule has 8 heteroatoms. The van der Waals surface area contributed by atoms with Crippen molar-refractivity contribution in [1.29, 1.82) is 0 Å². The van der Waals surface area contributed by atoms with Gasteiger partial charge in [0.25, 0.3) is 0 Å². The Kier molecular flexibility index (Phi) is 3.49. The summed E-state index contributed by atoms with van der Waals surface area (Å²) >= 11 is 11.5. The van der Waals surface area contributed by atoms with E-state index in [1.807, 2.05) is 0 Å². The maximum absolute atomic E-state index is 12.3. The number of alkyl halides is 3. The molecule has 2 heterocycles. The first kappa shape index (κ1) is 13.2. The molecule has 0 bridgehead atoms. The Morgan fingerprint density at radius 3 is 2.56 bits per heavy atom. The van der Waals surface area contributed by atoms with Crippen LogP contribution in [-0.2, 0) is 12.7 Å². The van der Waals surface area contributed by atoms with Crippen LogP contribution in [0.3, 0.4) is 0 Å². The summed E-state index contributed by atoms with van der Waals surface area (Å²) in [5.74, 6) is 0. The van der Waals surface area contributed by atoms with E-state index in [4.69, 9.17) is 23.2 Å². The molecule has 2 aromatic heterocycles. The largest absolute Gasteiger partial charge is 0.435 e. The standard InChI is InChI=1S/C10H6Cl2F3N3/c11-7-3-9(12)16-4-6(7)5-18-2-1-8(17-18)10(13,14)15/h1-4H,5H2. The number of nitrogens with zero attached hydrogens (tertiary/aromatic N) is 3. The van der Waals surface area contributed by atoms with E-state index < -0.39 is 11.9 Å². The molecule has 0 aromatic carbocycles. The van der Waals surface area contributed by atoms with Gasteiger partial charge in [-0.25, -0.2) is 4.98 Å². The predicted octanol–water partition coefficient (Wildman–Crippen LogP) is 3.65. The summed E-state index contributed by atoms with van der Waals surface area (Å²) in [7, 11) is 0. The van der Waals surface area contributed by atoms with Gasteiger partial charge in [0, 0.05) is 18.0 Å². The molecular weight excluding hydrogens is 290 g/mol. The molecule has 0 N–H and O–H groups in total. The number of aromatic nitrogens is 3. The molecule has 0 aliphatic carbocycles. The van der Waals surface area contributed by atoms with Gasteiger partial charge in [-0.05, 0) is 12.1 Å². The highest BCUT2D eigenvalue weighted by Crippen LogP contribution is 2.27. The summed E-state index contributed by atoms with van der Waals surface area (Å²) < 4.78 is 38.2. The van der Waals surface area contributed by atoms with Gasteiger partial charge >= 0.3 is 6.18 Å². The second-order valence-electron chi connectivity index (χ2n) is 3.49. The van der Waals surface area contributed by atoms with Crippen LogP contribution in [0.25, 0.3) is 0 Å². The van der Waals surface area contributed by atoms with Gasteiger partial charge in [0.05, 0.1) is 11.6 Å². The Bertz CT molecular complexity index is 566. The molecule has 0 atom stereocenters. The molecule has 0 saturated heterocycles. The van der Waals surface area contributed by atoms with Crippen molar-refractivity contribution < 1.29 is 13.2 Å². The van der Waals surface area contributed by atoms with Gasteiger partial charge < -0.3 is 0 Å². The minimum absolute atomic E-state index is 0.0963. The highest BCUT2D eigenvalue weighted by molar-refractivity contribution is 6.34. The van der Waals surface area contributed by atoms with Crippen molar-refractivity contribution in [1.82, 2.24) is 14.8 Å². The van der Waals surface area contributed by atoms with Crippen molar-refractivity contribution in [3.63, 3.8) is 0 Å². The van der Waals surface area contributed by atoms with Gasteiger partial charge in [0.15, 0.2) is 5.69 Å². The van der Waals surface area contributed by atoms with Crippen LogP contribution in [0.2, 0.25) is 10.2 Å². The third-order valence-electron chi connectivity index (χ3n) is 2.16. The van der Waals surface area contributed by atoms with Crippen LogP contribution in [0.15, 0.2) is 24.5 Å². The van der Waals surface area contributed by atoms with Crippen LogP contribution < -0.4 is 0 Å². The normalized spacial score (nSPS) is 11.8. The zero-order valence-corrected chi connectivity index (χ0v) is 10.3. The number of pyridine rings is 1. The first-order chi connectivity index (χ1) is 8.36. The smallest absolute Gasteiger partial charge is 0.268 e. The average molecular weight is 296 g/mol. The van der Waals surface area contributed by atoms with E-state index in [0.29, 0.717) is 10.6 Å². The second kappa shape index (κ2) is 4.78. The minimum Gasteiger partial charge on any atom is -0.268 e. The summed E-state index contributed by atoms with van der Waals surface area (Å²) in [6.45, 7) is 0.0963. The van der Waals surface area contributed by atoms with E-state index in [-0.39, 0.29) is 11.7 Å². The Balaban J connectivity index is 2.21. The summed E-state index contributed by atoms with van der Waals surface area (Å²) in [5, 5.41) is 3.97. The molecule has 0 fully saturated rings. The average Bonchev–Trinajstić information content (AvgIpc) is 2.70. The lowest BCUT2D eigenvalue weighted by molar-refractivity contribution is -0.141. The van der Waals surface area contributed by atoms with Gasteiger partial charge in [-0.2, -0.15) is 18.3 Å². The zero-order chi connectivity index (χ0) is 13.3. The monoisotopic (exact) mass is 295 g/mol. The van der Waals surface area contributed by atoms with Crippen molar-refractivity contribution in [3.05, 3.63) is 46.0 Å². The van der Waals surface area contributed by atoms with E-state index in [9.17, 15) is 13.2 Å². The highest BCUT2D eigenvalue weighted by Gasteiger charge is 2.33. The fourth-order valence-corrected chi connectivity index (χ4v) is 1.75. The first-order valence-electron chi connectivity index (χ1n) is 4.77. The highest BCUT2D eigenvalue weighted by atomic mass is 35.5. The molecule has 2 aromatic rings. The minimum atomic E-state index is -4.45. The molecular formula is C10H6Cl2F3N3. The molecule has 0 radical (unpaired) electrons. The van der Waals surface area contributed by atoms with E-state index >= 15 is 0 Å². The van der Waals surface area contributed by atoms with Crippen molar-refractivity contribution in [3.8, 4) is 0 Å². The van der Waals surface area contributed by atoms with Crippen LogP contribution >= 0.6 is 23.2 Å². The van der Waals surface area contributed by atoms with Gasteiger partial charge in [-0.1, -0.05) is 23.2 Å². The molecule has 2 rings (SSSR count). The Labute approximate surface area is 110 Å². The lowest BCUT2D eigenvalue weighted by Gasteiger charge is -2.05. The molecule has 0 aliphatic heterocycles. The summed E-state index contributed by atoms with van der Waals surface area (Å²) in [4.78, 5) is 3.81. The van der Waals surface area contributed by atoms with E-state index in [1.54, 1.807) is 0 Å². The number of halogens is 5. The molecule has 18 heavy (non-hydrogen) atoms. The molecule has 0 amide bonds. The molecule has 96 valence electrons. The van der Waals surface area contributed by atoms with Crippen LogP contribution in [0.1, 0.15) is 11.3 Å². The van der Waals surface area contributed by atoms with Gasteiger partial charge in [-0.3, -0.25) is 4.68 Å². The van der Waals surface area contributed by atoms with E-state index in [2.05, 4.69) is 10.1 Å². The molecule has 0 saturated carbocycles. The fraction of sp³-hybridized carbons (Fsp3) is 0.200. The van der Waals surface area contributed by atoms with Gasteiger partial charge in [-0.15, -0.1) is 0 Å². The molecule has 0 aliphatic rings. The van der Waals surface area contributed by atoms with Gasteiger partial charge in [0.2, 0.25) is 0 Å². The van der Waals surface area contributed by atoms with Crippen molar-refractivity contribution in [2.45, 2.75) is 12.7 Å².